The Morgan fingerprint density at radius 3 is 2.35 bits per heavy atom. The molecule has 0 unspecified atom stereocenters. The van der Waals surface area contributed by atoms with Crippen molar-refractivity contribution in [3.8, 4) is 5.75 Å². The summed E-state index contributed by atoms with van der Waals surface area (Å²) in [6.45, 7) is 7.67. The van der Waals surface area contributed by atoms with E-state index in [1.54, 1.807) is 0 Å². The molecule has 31 heavy (non-hydrogen) atoms. The molecule has 2 aromatic carbocycles. The second-order valence-corrected chi connectivity index (χ2v) is 9.15. The lowest BCUT2D eigenvalue weighted by atomic mass is 9.83. The molecule has 1 N–H and O–H groups in total. The van der Waals surface area contributed by atoms with Crippen LogP contribution >= 0.6 is 0 Å². The van der Waals surface area contributed by atoms with Crippen LogP contribution < -0.4 is 10.1 Å². The van der Waals surface area contributed by atoms with Crippen molar-refractivity contribution >= 4 is 5.91 Å². The van der Waals surface area contributed by atoms with Gasteiger partial charge in [0.2, 0.25) is 0 Å². The number of carbonyl (C=O) groups excluding carboxylic acids is 1. The van der Waals surface area contributed by atoms with Gasteiger partial charge in [0.25, 0.3) is 5.91 Å². The van der Waals surface area contributed by atoms with Gasteiger partial charge in [-0.2, -0.15) is 0 Å². The molecule has 4 rings (SSSR count). The van der Waals surface area contributed by atoms with E-state index in [-0.39, 0.29) is 17.6 Å². The molecule has 0 bridgehead atoms. The van der Waals surface area contributed by atoms with Gasteiger partial charge in [0, 0.05) is 24.1 Å². The summed E-state index contributed by atoms with van der Waals surface area (Å²) in [5.41, 5.74) is 2.86. The summed E-state index contributed by atoms with van der Waals surface area (Å²) >= 11 is 0. The van der Waals surface area contributed by atoms with Crippen LogP contribution in [0.3, 0.4) is 0 Å². The quantitative estimate of drug-likeness (QED) is 0.635. The standard InChI is InChI=1S/C27H36N2O2/c1-3-27(4-2)19-24(23-11-7-8-12-25(23)31-27)28-26(30)22-15-13-21(14-16-22)20-29-17-9-5-6-10-18-29/h7-8,11-16,24H,3-6,9-10,17-20H2,1-2H3,(H,28,30)/t24-/m0/s1. The summed E-state index contributed by atoms with van der Waals surface area (Å²) in [6, 6.07) is 16.2. The predicted molar refractivity (Wildman–Crippen MR) is 125 cm³/mol. The number of ether oxygens (including phenoxy) is 1. The molecule has 4 nitrogen and oxygen atoms in total. The van der Waals surface area contributed by atoms with E-state index in [4.69, 9.17) is 4.74 Å². The molecule has 2 aliphatic heterocycles. The van der Waals surface area contributed by atoms with Gasteiger partial charge < -0.3 is 10.1 Å². The van der Waals surface area contributed by atoms with E-state index in [1.165, 1.54) is 44.3 Å². The predicted octanol–water partition coefficient (Wildman–Crippen LogP) is 5.88. The first-order valence-electron chi connectivity index (χ1n) is 12.0. The van der Waals surface area contributed by atoms with Crippen LogP contribution in [0.2, 0.25) is 0 Å². The van der Waals surface area contributed by atoms with Crippen molar-refractivity contribution in [1.82, 2.24) is 10.2 Å². The molecule has 2 aliphatic rings. The molecule has 0 aromatic heterocycles. The highest BCUT2D eigenvalue weighted by Gasteiger charge is 2.39. The third kappa shape index (κ3) is 5.12. The zero-order valence-corrected chi connectivity index (χ0v) is 19.0. The molecule has 0 aliphatic carbocycles. The second kappa shape index (κ2) is 9.86. The van der Waals surface area contributed by atoms with Crippen molar-refractivity contribution in [3.05, 3.63) is 65.2 Å². The molecule has 1 atom stereocenters. The third-order valence-electron chi connectivity index (χ3n) is 7.11. The van der Waals surface area contributed by atoms with Gasteiger partial charge in [-0.15, -0.1) is 0 Å². The summed E-state index contributed by atoms with van der Waals surface area (Å²) < 4.78 is 6.38. The number of hydrogen-bond acceptors (Lipinski definition) is 3. The fraction of sp³-hybridized carbons (Fsp3) is 0.519. The van der Waals surface area contributed by atoms with Crippen LogP contribution in [0.25, 0.3) is 0 Å². The normalized spacial score (nSPS) is 20.9. The maximum absolute atomic E-state index is 13.1. The molecular weight excluding hydrogens is 384 g/mol. The average Bonchev–Trinajstić information content (AvgIpc) is 3.08. The number of nitrogens with one attached hydrogen (secondary N) is 1. The highest BCUT2D eigenvalue weighted by molar-refractivity contribution is 5.94. The van der Waals surface area contributed by atoms with E-state index < -0.39 is 0 Å². The van der Waals surface area contributed by atoms with Gasteiger partial charge in [0.15, 0.2) is 0 Å². The van der Waals surface area contributed by atoms with Crippen molar-refractivity contribution in [2.24, 2.45) is 0 Å². The number of benzene rings is 2. The Hall–Kier alpha value is -2.33. The zero-order valence-electron chi connectivity index (χ0n) is 19.0. The Kier molecular flexibility index (Phi) is 6.96. The fourth-order valence-corrected chi connectivity index (χ4v) is 4.99. The molecule has 2 heterocycles. The van der Waals surface area contributed by atoms with Crippen molar-refractivity contribution in [3.63, 3.8) is 0 Å². The summed E-state index contributed by atoms with van der Waals surface area (Å²) in [5, 5.41) is 3.29. The Bertz CT molecular complexity index is 865. The van der Waals surface area contributed by atoms with Gasteiger partial charge in [0.1, 0.15) is 11.4 Å². The van der Waals surface area contributed by atoms with Gasteiger partial charge in [-0.25, -0.2) is 0 Å². The van der Waals surface area contributed by atoms with Crippen LogP contribution in [0.15, 0.2) is 48.5 Å². The van der Waals surface area contributed by atoms with E-state index >= 15 is 0 Å². The molecule has 1 fully saturated rings. The number of nitrogens with zero attached hydrogens (tertiary/aromatic N) is 1. The van der Waals surface area contributed by atoms with Crippen LogP contribution in [-0.2, 0) is 6.54 Å². The van der Waals surface area contributed by atoms with Gasteiger partial charge in [0.05, 0.1) is 6.04 Å². The van der Waals surface area contributed by atoms with Gasteiger partial charge in [-0.3, -0.25) is 9.69 Å². The number of fused-ring (bicyclic) bond motifs is 1. The highest BCUT2D eigenvalue weighted by atomic mass is 16.5. The number of para-hydroxylation sites is 1. The molecule has 0 saturated carbocycles. The lowest BCUT2D eigenvalue weighted by Gasteiger charge is -2.41. The summed E-state index contributed by atoms with van der Waals surface area (Å²) in [4.78, 5) is 15.6. The molecule has 1 saturated heterocycles. The van der Waals surface area contributed by atoms with Crippen LogP contribution in [0.1, 0.15) is 86.3 Å². The first-order valence-corrected chi connectivity index (χ1v) is 12.0. The SMILES string of the molecule is CCC1(CC)C[C@H](NC(=O)c2ccc(CN3CCCCCC3)cc2)c2ccccc2O1. The topological polar surface area (TPSA) is 41.6 Å². The number of rotatable bonds is 6. The maximum Gasteiger partial charge on any atom is 0.251 e. The van der Waals surface area contributed by atoms with Gasteiger partial charge >= 0.3 is 0 Å². The molecule has 0 spiro atoms. The Balaban J connectivity index is 1.45. The second-order valence-electron chi connectivity index (χ2n) is 9.15. The largest absolute Gasteiger partial charge is 0.487 e. The summed E-state index contributed by atoms with van der Waals surface area (Å²) in [6.07, 6.45) is 7.94. The average molecular weight is 421 g/mol. The fourth-order valence-electron chi connectivity index (χ4n) is 4.99. The Labute approximate surface area is 187 Å². The Morgan fingerprint density at radius 1 is 1.00 bits per heavy atom. The summed E-state index contributed by atoms with van der Waals surface area (Å²) in [7, 11) is 0. The molecule has 0 radical (unpaired) electrons. The smallest absolute Gasteiger partial charge is 0.251 e. The van der Waals surface area contributed by atoms with Gasteiger partial charge in [-0.1, -0.05) is 57.0 Å². The number of likely N-dealkylation sites (tertiary alicyclic amines) is 1. The van der Waals surface area contributed by atoms with Crippen molar-refractivity contribution < 1.29 is 9.53 Å². The van der Waals surface area contributed by atoms with Crippen LogP contribution in [0, 0.1) is 0 Å². The monoisotopic (exact) mass is 420 g/mol. The first-order chi connectivity index (χ1) is 15.1. The highest BCUT2D eigenvalue weighted by Crippen LogP contribution is 2.42. The van der Waals surface area contributed by atoms with Crippen LogP contribution in [-0.4, -0.2) is 29.5 Å². The van der Waals surface area contributed by atoms with Crippen molar-refractivity contribution in [1.29, 1.82) is 0 Å². The minimum atomic E-state index is -0.219. The minimum Gasteiger partial charge on any atom is -0.487 e. The van der Waals surface area contributed by atoms with Crippen LogP contribution in [0.4, 0.5) is 0 Å². The lowest BCUT2D eigenvalue weighted by molar-refractivity contribution is 0.0227. The first kappa shape index (κ1) is 21.9. The third-order valence-corrected chi connectivity index (χ3v) is 7.11. The van der Waals surface area contributed by atoms with E-state index in [2.05, 4.69) is 42.3 Å². The number of carbonyl (C=O) groups is 1. The van der Waals surface area contributed by atoms with E-state index in [1.807, 2.05) is 30.3 Å². The van der Waals surface area contributed by atoms with Crippen LogP contribution in [0.5, 0.6) is 5.75 Å². The number of amides is 1. The van der Waals surface area contributed by atoms with E-state index in [0.29, 0.717) is 0 Å². The zero-order chi connectivity index (χ0) is 21.7. The molecule has 2 aromatic rings. The van der Waals surface area contributed by atoms with E-state index in [9.17, 15) is 4.79 Å². The van der Waals surface area contributed by atoms with Gasteiger partial charge in [-0.05, 0) is 62.5 Å². The molecule has 4 heteroatoms. The molecular formula is C27H36N2O2. The van der Waals surface area contributed by atoms with E-state index in [0.717, 1.165) is 42.7 Å². The van der Waals surface area contributed by atoms with Crippen molar-refractivity contribution in [2.75, 3.05) is 13.1 Å². The molecule has 1 amide bonds. The molecule has 166 valence electrons. The lowest BCUT2D eigenvalue weighted by Crippen LogP contribution is -2.44. The van der Waals surface area contributed by atoms with Crippen molar-refractivity contribution in [2.45, 2.75) is 77.0 Å². The minimum absolute atomic E-state index is 0.0101. The number of hydrogen-bond donors (Lipinski definition) is 1. The summed E-state index contributed by atoms with van der Waals surface area (Å²) in [5.74, 6) is 0.889. The Morgan fingerprint density at radius 2 is 1.68 bits per heavy atom. The maximum atomic E-state index is 13.1.